The molecule has 0 unspecified atom stereocenters. The van der Waals surface area contributed by atoms with Gasteiger partial charge in [-0.25, -0.2) is 13.8 Å². The first-order chi connectivity index (χ1) is 17.0. The van der Waals surface area contributed by atoms with Gasteiger partial charge >= 0.3 is 23.1 Å². The minimum atomic E-state index is -2.04. The second kappa shape index (κ2) is 10.8. The third-order valence-corrected chi connectivity index (χ3v) is 7.08. The number of rotatable bonds is 7. The van der Waals surface area contributed by atoms with Gasteiger partial charge in [0.15, 0.2) is 10.8 Å². The number of esters is 2. The molecule has 3 rings (SSSR count). The fraction of sp³-hybridized carbons (Fsp3) is 0.435. The fourth-order valence-corrected chi connectivity index (χ4v) is 5.01. The van der Waals surface area contributed by atoms with Crippen LogP contribution in [0.25, 0.3) is 5.53 Å². The van der Waals surface area contributed by atoms with Crippen LogP contribution in [-0.4, -0.2) is 61.7 Å². The van der Waals surface area contributed by atoms with Gasteiger partial charge in [0.25, 0.3) is 0 Å². The van der Waals surface area contributed by atoms with Crippen molar-refractivity contribution in [2.45, 2.75) is 39.7 Å². The van der Waals surface area contributed by atoms with E-state index in [1.807, 2.05) is 6.07 Å². The van der Waals surface area contributed by atoms with E-state index in [4.69, 9.17) is 18.9 Å². The second-order valence-corrected chi connectivity index (χ2v) is 10.4. The Hall–Kier alpha value is -3.83. The van der Waals surface area contributed by atoms with E-state index in [2.05, 4.69) is 4.79 Å². The average Bonchev–Trinajstić information content (AvgIpc) is 2.83. The number of carbonyl (C=O) groups is 4. The van der Waals surface area contributed by atoms with Gasteiger partial charge in [-0.1, -0.05) is 30.3 Å². The molecule has 3 atom stereocenters. The first-order valence-electron chi connectivity index (χ1n) is 10.8. The number of β-lactam (4-membered cyclic amide) rings is 1. The van der Waals surface area contributed by atoms with E-state index >= 15 is 0 Å². The molecule has 2 aliphatic heterocycles. The number of fused-ring (bicyclic) bond motifs is 1. The lowest BCUT2D eigenvalue weighted by Gasteiger charge is -2.47. The fourth-order valence-electron chi connectivity index (χ4n) is 3.41. The van der Waals surface area contributed by atoms with Crippen LogP contribution in [0.1, 0.15) is 33.3 Å². The quantitative estimate of drug-likeness (QED) is 0.172. The molecular formula is C23H25N3O9S. The molecule has 2 aliphatic rings. The van der Waals surface area contributed by atoms with E-state index < -0.39 is 64.9 Å². The lowest BCUT2D eigenvalue weighted by Crippen LogP contribution is -2.67. The molecule has 1 saturated heterocycles. The molecule has 1 aromatic carbocycles. The summed E-state index contributed by atoms with van der Waals surface area (Å²) in [5, 5.41) is -1.48. The van der Waals surface area contributed by atoms with Crippen LogP contribution in [0.5, 0.6) is 0 Å². The monoisotopic (exact) mass is 519 g/mol. The third kappa shape index (κ3) is 5.52. The molecule has 0 aliphatic carbocycles. The standard InChI is InChI=1S/C23H25N3O9S/c1-13-16(20(28)34-12-35-21(29)23(2,3)4)26-18(27)15(19(26)36(31)17(13)25-24)11-33-22(30)32-10-14-8-6-5-7-9-14/h5-9,15,19H,10-12H2,1-4H3/t15-,19-,36-/m0/s1. The van der Waals surface area contributed by atoms with Gasteiger partial charge in [0.1, 0.15) is 30.2 Å². The topological polar surface area (TPSA) is 162 Å². The van der Waals surface area contributed by atoms with Crippen molar-refractivity contribution >= 4 is 39.8 Å². The maximum absolute atomic E-state index is 12.9. The molecule has 2 heterocycles. The Balaban J connectivity index is 1.66. The Morgan fingerprint density at radius 2 is 1.75 bits per heavy atom. The number of hydrogen-bond donors (Lipinski definition) is 0. The lowest BCUT2D eigenvalue weighted by atomic mass is 9.96. The Morgan fingerprint density at radius 1 is 1.08 bits per heavy atom. The normalized spacial score (nSPS) is 21.1. The molecule has 0 spiro atoms. The van der Waals surface area contributed by atoms with Gasteiger partial charge in [0.2, 0.25) is 12.7 Å². The summed E-state index contributed by atoms with van der Waals surface area (Å²) in [6.07, 6.45) is -1.03. The number of nitrogens with zero attached hydrogens (tertiary/aromatic N) is 3. The van der Waals surface area contributed by atoms with Crippen LogP contribution < -0.4 is 0 Å². The molecule has 0 N–H and O–H groups in total. The van der Waals surface area contributed by atoms with Crippen LogP contribution in [0.15, 0.2) is 41.6 Å². The highest BCUT2D eigenvalue weighted by atomic mass is 32.2. The average molecular weight is 520 g/mol. The Bertz CT molecular complexity index is 1180. The highest BCUT2D eigenvalue weighted by Gasteiger charge is 2.60. The molecule has 0 saturated carbocycles. The molecule has 1 aromatic rings. The maximum atomic E-state index is 12.9. The van der Waals surface area contributed by atoms with E-state index in [1.165, 1.54) is 6.92 Å². The summed E-state index contributed by atoms with van der Waals surface area (Å²) in [5.74, 6) is -3.40. The Kier molecular flexibility index (Phi) is 8.06. The predicted molar refractivity (Wildman–Crippen MR) is 123 cm³/mol. The van der Waals surface area contributed by atoms with Crippen LogP contribution in [0.2, 0.25) is 0 Å². The molecule has 1 fully saturated rings. The van der Waals surface area contributed by atoms with Gasteiger partial charge in [-0.15, -0.1) is 0 Å². The molecule has 12 nitrogen and oxygen atoms in total. The molecule has 0 bridgehead atoms. The van der Waals surface area contributed by atoms with Gasteiger partial charge in [-0.05, 0) is 33.3 Å². The molecule has 192 valence electrons. The number of benzene rings is 1. The van der Waals surface area contributed by atoms with Gasteiger partial charge in [0.05, 0.1) is 11.0 Å². The summed E-state index contributed by atoms with van der Waals surface area (Å²) in [4.78, 5) is 53.4. The van der Waals surface area contributed by atoms with Crippen molar-refractivity contribution in [3.05, 3.63) is 52.7 Å². The van der Waals surface area contributed by atoms with E-state index in [0.29, 0.717) is 0 Å². The lowest BCUT2D eigenvalue weighted by molar-refractivity contribution is -0.174. The van der Waals surface area contributed by atoms with Crippen LogP contribution in [0.4, 0.5) is 4.79 Å². The van der Waals surface area contributed by atoms with Crippen molar-refractivity contribution in [3.63, 3.8) is 0 Å². The molecule has 0 aromatic heterocycles. The van der Waals surface area contributed by atoms with Crippen LogP contribution in [-0.2, 0) is 50.7 Å². The summed E-state index contributed by atoms with van der Waals surface area (Å²) in [5.41, 5.74) is 8.92. The second-order valence-electron chi connectivity index (χ2n) is 8.95. The summed E-state index contributed by atoms with van der Waals surface area (Å²) in [6.45, 7) is 4.96. The summed E-state index contributed by atoms with van der Waals surface area (Å²) in [6, 6.07) is 8.86. The van der Waals surface area contributed by atoms with E-state index in [-0.39, 0.29) is 22.9 Å². The van der Waals surface area contributed by atoms with Crippen molar-refractivity contribution in [1.29, 1.82) is 0 Å². The van der Waals surface area contributed by atoms with Crippen LogP contribution >= 0.6 is 0 Å². The molecular weight excluding hydrogens is 494 g/mol. The summed E-state index contributed by atoms with van der Waals surface area (Å²) in [7, 11) is -2.04. The van der Waals surface area contributed by atoms with Gasteiger partial charge in [0, 0.05) is 0 Å². The van der Waals surface area contributed by atoms with E-state index in [1.54, 1.807) is 45.0 Å². The van der Waals surface area contributed by atoms with Crippen LogP contribution in [0.3, 0.4) is 0 Å². The minimum absolute atomic E-state index is 0.0429. The number of hydrogen-bond acceptors (Lipinski definition) is 9. The first-order valence-corrected chi connectivity index (χ1v) is 12.0. The maximum Gasteiger partial charge on any atom is 0.508 e. The summed E-state index contributed by atoms with van der Waals surface area (Å²) < 4.78 is 32.8. The van der Waals surface area contributed by atoms with Crippen molar-refractivity contribution in [2.75, 3.05) is 13.4 Å². The Morgan fingerprint density at radius 3 is 2.36 bits per heavy atom. The van der Waals surface area contributed by atoms with Crippen LogP contribution in [0, 0.1) is 11.3 Å². The van der Waals surface area contributed by atoms with Gasteiger partial charge < -0.3 is 24.5 Å². The number of amides is 1. The highest BCUT2D eigenvalue weighted by molar-refractivity contribution is 8.01. The number of carbonyl (C=O) groups excluding carboxylic acids is 4. The predicted octanol–water partition coefficient (Wildman–Crippen LogP) is 1.88. The van der Waals surface area contributed by atoms with Crippen molar-refractivity contribution in [1.82, 2.24) is 4.90 Å². The zero-order valence-electron chi connectivity index (χ0n) is 20.1. The van der Waals surface area contributed by atoms with E-state index in [0.717, 1.165) is 10.5 Å². The summed E-state index contributed by atoms with van der Waals surface area (Å²) >= 11 is 0. The van der Waals surface area contributed by atoms with Crippen molar-refractivity contribution in [2.24, 2.45) is 11.3 Å². The zero-order valence-corrected chi connectivity index (χ0v) is 20.9. The molecule has 0 radical (unpaired) electrons. The molecule has 36 heavy (non-hydrogen) atoms. The van der Waals surface area contributed by atoms with Crippen molar-refractivity contribution in [3.8, 4) is 0 Å². The SMILES string of the molecule is CC1=C(C(=O)OCOC(=O)C(C)(C)C)N2C(=O)[C@H](COC(=O)OCc3ccccc3)[C@@H]2[S@@](=O)C1=[N+]=[N-]. The minimum Gasteiger partial charge on any atom is -0.433 e. The zero-order chi connectivity index (χ0) is 26.6. The van der Waals surface area contributed by atoms with Gasteiger partial charge in [-0.3, -0.25) is 14.5 Å². The van der Waals surface area contributed by atoms with Gasteiger partial charge in [-0.2, -0.15) is 4.79 Å². The molecule has 1 amide bonds. The largest absolute Gasteiger partial charge is 0.508 e. The first kappa shape index (κ1) is 26.8. The smallest absolute Gasteiger partial charge is 0.433 e. The highest BCUT2D eigenvalue weighted by Crippen LogP contribution is 2.39. The number of ether oxygens (including phenoxy) is 4. The van der Waals surface area contributed by atoms with Crippen molar-refractivity contribution < 1.29 is 47.1 Å². The Labute approximate surface area is 209 Å². The third-order valence-electron chi connectivity index (χ3n) is 5.34. The van der Waals surface area contributed by atoms with E-state index in [9.17, 15) is 28.9 Å². The molecule has 13 heteroatoms.